The van der Waals surface area contributed by atoms with Crippen LogP contribution in [0, 0.1) is 0 Å². The average Bonchev–Trinajstić information content (AvgIpc) is 2.69. The summed E-state index contributed by atoms with van der Waals surface area (Å²) in [6, 6.07) is 18.2. The fourth-order valence-corrected chi connectivity index (χ4v) is 3.19. The van der Waals surface area contributed by atoms with E-state index in [9.17, 15) is 4.79 Å². The van der Waals surface area contributed by atoms with Crippen LogP contribution in [0.3, 0.4) is 0 Å². The molecular formula is C21H27N3O2. The van der Waals surface area contributed by atoms with Crippen molar-refractivity contribution >= 4 is 11.7 Å². The summed E-state index contributed by atoms with van der Waals surface area (Å²) in [5, 5.41) is 3.09. The Balaban J connectivity index is 1.50. The Kier molecular flexibility index (Phi) is 6.00. The number of benzene rings is 2. The summed E-state index contributed by atoms with van der Waals surface area (Å²) in [6.07, 6.45) is 0. The Bertz CT molecular complexity index is 695. The van der Waals surface area contributed by atoms with Gasteiger partial charge >= 0.3 is 6.03 Å². The molecule has 1 fully saturated rings. The molecule has 5 nitrogen and oxygen atoms in total. The van der Waals surface area contributed by atoms with Crippen LogP contribution in [0.1, 0.15) is 25.5 Å². The molecule has 0 aromatic heterocycles. The zero-order valence-corrected chi connectivity index (χ0v) is 15.5. The zero-order valence-electron chi connectivity index (χ0n) is 15.5. The summed E-state index contributed by atoms with van der Waals surface area (Å²) in [5.41, 5.74) is 2.29. The maximum Gasteiger partial charge on any atom is 0.317 e. The number of hydrogen-bond donors (Lipinski definition) is 1. The summed E-state index contributed by atoms with van der Waals surface area (Å²) < 4.78 is 5.49. The normalized spacial score (nSPS) is 15.5. The first-order chi connectivity index (χ1) is 12.7. The lowest BCUT2D eigenvalue weighted by molar-refractivity contribution is 0.191. The third-order valence-corrected chi connectivity index (χ3v) is 4.72. The third-order valence-electron chi connectivity index (χ3n) is 4.72. The van der Waals surface area contributed by atoms with E-state index in [4.69, 9.17) is 4.74 Å². The molecule has 1 heterocycles. The molecule has 2 aromatic rings. The van der Waals surface area contributed by atoms with Gasteiger partial charge in [0.05, 0.1) is 12.6 Å². The second-order valence-electron chi connectivity index (χ2n) is 6.48. The SMILES string of the molecule is CCOc1ccc(N2CCN(C(=O)NC(C)c3ccccc3)CC2)cc1. The number of carbonyl (C=O) groups excluding carboxylic acids is 1. The molecule has 1 aliphatic heterocycles. The van der Waals surface area contributed by atoms with Gasteiger partial charge in [-0.05, 0) is 43.7 Å². The number of anilines is 1. The molecule has 5 heteroatoms. The molecule has 1 saturated heterocycles. The lowest BCUT2D eigenvalue weighted by Crippen LogP contribution is -2.52. The smallest absolute Gasteiger partial charge is 0.317 e. The Morgan fingerprint density at radius 3 is 2.31 bits per heavy atom. The number of nitrogens with one attached hydrogen (secondary N) is 1. The molecule has 26 heavy (non-hydrogen) atoms. The largest absolute Gasteiger partial charge is 0.494 e. The summed E-state index contributed by atoms with van der Waals surface area (Å²) in [4.78, 5) is 16.7. The van der Waals surface area contributed by atoms with Crippen molar-refractivity contribution < 1.29 is 9.53 Å². The van der Waals surface area contributed by atoms with Crippen LogP contribution in [-0.4, -0.2) is 43.7 Å². The van der Waals surface area contributed by atoms with Crippen LogP contribution < -0.4 is 15.0 Å². The lowest BCUT2D eigenvalue weighted by atomic mass is 10.1. The van der Waals surface area contributed by atoms with Crippen LogP contribution >= 0.6 is 0 Å². The monoisotopic (exact) mass is 353 g/mol. The highest BCUT2D eigenvalue weighted by molar-refractivity contribution is 5.75. The molecule has 0 spiro atoms. The highest BCUT2D eigenvalue weighted by Gasteiger charge is 2.22. The van der Waals surface area contributed by atoms with E-state index < -0.39 is 0 Å². The minimum absolute atomic E-state index is 0.00713. The van der Waals surface area contributed by atoms with Crippen molar-refractivity contribution in [3.05, 3.63) is 60.2 Å². The van der Waals surface area contributed by atoms with Crippen LogP contribution in [0.25, 0.3) is 0 Å². The predicted molar refractivity (Wildman–Crippen MR) is 105 cm³/mol. The standard InChI is InChI=1S/C21H27N3O2/c1-3-26-20-11-9-19(10-12-20)23-13-15-24(16-14-23)21(25)22-17(2)18-7-5-4-6-8-18/h4-12,17H,3,13-16H2,1-2H3,(H,22,25). The summed E-state index contributed by atoms with van der Waals surface area (Å²) in [5.74, 6) is 0.893. The number of rotatable bonds is 5. The van der Waals surface area contributed by atoms with Gasteiger partial charge in [0.2, 0.25) is 0 Å². The minimum Gasteiger partial charge on any atom is -0.494 e. The van der Waals surface area contributed by atoms with Gasteiger partial charge in [0.1, 0.15) is 5.75 Å². The van der Waals surface area contributed by atoms with Gasteiger partial charge in [-0.15, -0.1) is 0 Å². The van der Waals surface area contributed by atoms with E-state index >= 15 is 0 Å². The first kappa shape index (κ1) is 18.1. The zero-order chi connectivity index (χ0) is 18.4. The quantitative estimate of drug-likeness (QED) is 0.892. The molecule has 3 rings (SSSR count). The maximum absolute atomic E-state index is 12.5. The molecule has 0 radical (unpaired) electrons. The van der Waals surface area contributed by atoms with Crippen molar-refractivity contribution in [2.24, 2.45) is 0 Å². The van der Waals surface area contributed by atoms with Crippen LogP contribution in [0.15, 0.2) is 54.6 Å². The third kappa shape index (κ3) is 4.48. The van der Waals surface area contributed by atoms with Crippen molar-refractivity contribution in [2.45, 2.75) is 19.9 Å². The Morgan fingerprint density at radius 1 is 1.04 bits per heavy atom. The fourth-order valence-electron chi connectivity index (χ4n) is 3.19. The minimum atomic E-state index is 0.00713. The number of ether oxygens (including phenoxy) is 1. The molecule has 0 bridgehead atoms. The topological polar surface area (TPSA) is 44.8 Å². The van der Waals surface area contributed by atoms with Gasteiger partial charge in [0, 0.05) is 31.9 Å². The summed E-state index contributed by atoms with van der Waals surface area (Å²) in [6.45, 7) is 7.79. The first-order valence-corrected chi connectivity index (χ1v) is 9.25. The number of nitrogens with zero attached hydrogens (tertiary/aromatic N) is 2. The Hall–Kier alpha value is -2.69. The van der Waals surface area contributed by atoms with E-state index in [1.54, 1.807) is 0 Å². The van der Waals surface area contributed by atoms with Crippen LogP contribution in [0.5, 0.6) is 5.75 Å². The molecular weight excluding hydrogens is 326 g/mol. The number of hydrogen-bond acceptors (Lipinski definition) is 3. The molecule has 138 valence electrons. The van der Waals surface area contributed by atoms with Crippen molar-refractivity contribution in [3.8, 4) is 5.75 Å². The fraction of sp³-hybridized carbons (Fsp3) is 0.381. The van der Waals surface area contributed by atoms with Crippen molar-refractivity contribution in [3.63, 3.8) is 0 Å². The highest BCUT2D eigenvalue weighted by atomic mass is 16.5. The maximum atomic E-state index is 12.5. The van der Waals surface area contributed by atoms with Gasteiger partial charge in [-0.1, -0.05) is 30.3 Å². The predicted octanol–water partition coefficient (Wildman–Crippen LogP) is 3.68. The number of urea groups is 1. The number of piperazine rings is 1. The second kappa shape index (κ2) is 8.61. The van der Waals surface area contributed by atoms with Gasteiger partial charge in [-0.2, -0.15) is 0 Å². The Labute approximate surface area is 155 Å². The first-order valence-electron chi connectivity index (χ1n) is 9.25. The van der Waals surface area contributed by atoms with E-state index in [0.29, 0.717) is 6.61 Å². The van der Waals surface area contributed by atoms with Crippen molar-refractivity contribution in [1.29, 1.82) is 0 Å². The molecule has 1 atom stereocenters. The van der Waals surface area contributed by atoms with E-state index in [2.05, 4.69) is 22.3 Å². The van der Waals surface area contributed by atoms with Gasteiger partial charge in [0.15, 0.2) is 0 Å². The van der Waals surface area contributed by atoms with E-state index in [1.807, 2.05) is 61.2 Å². The van der Waals surface area contributed by atoms with Gasteiger partial charge < -0.3 is 19.9 Å². The number of amides is 2. The summed E-state index contributed by atoms with van der Waals surface area (Å²) >= 11 is 0. The molecule has 1 aliphatic rings. The van der Waals surface area contributed by atoms with Gasteiger partial charge in [-0.3, -0.25) is 0 Å². The van der Waals surface area contributed by atoms with Gasteiger partial charge in [-0.25, -0.2) is 4.79 Å². The molecule has 0 aliphatic carbocycles. The second-order valence-corrected chi connectivity index (χ2v) is 6.48. The molecule has 1 unspecified atom stereocenters. The lowest BCUT2D eigenvalue weighted by Gasteiger charge is -2.36. The van der Waals surface area contributed by atoms with Crippen LogP contribution in [0.2, 0.25) is 0 Å². The molecule has 2 amide bonds. The van der Waals surface area contributed by atoms with E-state index in [-0.39, 0.29) is 12.1 Å². The van der Waals surface area contributed by atoms with E-state index in [0.717, 1.165) is 37.5 Å². The van der Waals surface area contributed by atoms with Crippen LogP contribution in [-0.2, 0) is 0 Å². The molecule has 2 aromatic carbocycles. The van der Waals surface area contributed by atoms with Crippen LogP contribution in [0.4, 0.5) is 10.5 Å². The number of carbonyl (C=O) groups is 1. The Morgan fingerprint density at radius 2 is 1.69 bits per heavy atom. The van der Waals surface area contributed by atoms with Crippen molar-refractivity contribution in [2.75, 3.05) is 37.7 Å². The molecule has 1 N–H and O–H groups in total. The highest BCUT2D eigenvalue weighted by Crippen LogP contribution is 2.21. The van der Waals surface area contributed by atoms with E-state index in [1.165, 1.54) is 5.69 Å². The molecule has 0 saturated carbocycles. The van der Waals surface area contributed by atoms with Gasteiger partial charge in [0.25, 0.3) is 0 Å². The van der Waals surface area contributed by atoms with Crippen molar-refractivity contribution in [1.82, 2.24) is 10.2 Å². The summed E-state index contributed by atoms with van der Waals surface area (Å²) in [7, 11) is 0. The average molecular weight is 353 g/mol.